The zero-order valence-corrected chi connectivity index (χ0v) is 25.6. The lowest BCUT2D eigenvalue weighted by atomic mass is 9.64. The third-order valence-electron chi connectivity index (χ3n) is 8.85. The number of rotatable bonds is 7. The van der Waals surface area contributed by atoms with E-state index in [4.69, 9.17) is 27.7 Å². The van der Waals surface area contributed by atoms with Gasteiger partial charge < -0.3 is 14.5 Å². The summed E-state index contributed by atoms with van der Waals surface area (Å²) in [7, 11) is -3.86. The summed E-state index contributed by atoms with van der Waals surface area (Å²) in [6.07, 6.45) is 6.98. The molecule has 1 atom stereocenters. The van der Waals surface area contributed by atoms with Gasteiger partial charge in [0.2, 0.25) is 10.0 Å². The topological polar surface area (TPSA) is 121 Å². The Kier molecular flexibility index (Phi) is 7.53. The van der Waals surface area contributed by atoms with Crippen molar-refractivity contribution in [3.8, 4) is 0 Å². The van der Waals surface area contributed by atoms with Gasteiger partial charge in [-0.1, -0.05) is 76.9 Å². The summed E-state index contributed by atoms with van der Waals surface area (Å²) in [6, 6.07) is 13.9. The summed E-state index contributed by atoms with van der Waals surface area (Å²) in [5, 5.41) is 14.9. The van der Waals surface area contributed by atoms with Crippen LogP contribution in [-0.2, 0) is 20.2 Å². The maximum atomic E-state index is 14.0. The molecule has 224 valence electrons. The van der Waals surface area contributed by atoms with Crippen LogP contribution in [0.2, 0.25) is 10.0 Å². The van der Waals surface area contributed by atoms with Crippen LogP contribution >= 0.6 is 23.2 Å². The number of allylic oxidation sites excluding steroid dienone is 4. The van der Waals surface area contributed by atoms with E-state index >= 15 is 0 Å². The van der Waals surface area contributed by atoms with E-state index in [2.05, 4.69) is 5.16 Å². The van der Waals surface area contributed by atoms with E-state index in [9.17, 15) is 23.1 Å². The van der Waals surface area contributed by atoms with Crippen LogP contribution in [0.5, 0.6) is 0 Å². The van der Waals surface area contributed by atoms with Gasteiger partial charge >= 0.3 is 5.97 Å². The summed E-state index contributed by atoms with van der Waals surface area (Å²) in [4.78, 5) is 28.3. The number of carbonyl (C=O) groups is 2. The fourth-order valence-electron chi connectivity index (χ4n) is 6.20. The van der Waals surface area contributed by atoms with E-state index in [1.165, 1.54) is 22.5 Å². The molecule has 0 bridgehead atoms. The Balaban J connectivity index is 1.28. The molecule has 3 aromatic rings. The molecule has 1 amide bonds. The van der Waals surface area contributed by atoms with Gasteiger partial charge in [-0.15, -0.1) is 0 Å². The lowest BCUT2D eigenvalue weighted by Gasteiger charge is -2.38. The largest absolute Gasteiger partial charge is 0.481 e. The molecule has 1 aromatic heterocycles. The first-order chi connectivity index (χ1) is 20.5. The highest BCUT2D eigenvalue weighted by Gasteiger charge is 2.67. The van der Waals surface area contributed by atoms with Crippen molar-refractivity contribution < 1.29 is 27.6 Å². The number of nitrogens with zero attached hydrogens (tertiary/aromatic N) is 3. The Bertz CT molecular complexity index is 1770. The highest BCUT2D eigenvalue weighted by Crippen LogP contribution is 2.64. The number of hydrogen-bond donors (Lipinski definition) is 1. The summed E-state index contributed by atoms with van der Waals surface area (Å²) in [6.45, 7) is 2.07. The van der Waals surface area contributed by atoms with E-state index in [0.717, 1.165) is 11.1 Å². The first-order valence-corrected chi connectivity index (χ1v) is 16.1. The van der Waals surface area contributed by atoms with Crippen molar-refractivity contribution in [1.29, 1.82) is 0 Å². The summed E-state index contributed by atoms with van der Waals surface area (Å²) in [5.74, 6) is -1.07. The quantitative estimate of drug-likeness (QED) is 0.357. The Morgan fingerprint density at radius 3 is 2.28 bits per heavy atom. The minimum atomic E-state index is -3.86. The molecule has 1 N–H and O–H groups in total. The van der Waals surface area contributed by atoms with E-state index in [1.54, 1.807) is 11.8 Å². The van der Waals surface area contributed by atoms with Crippen LogP contribution < -0.4 is 0 Å². The van der Waals surface area contributed by atoms with Crippen LogP contribution in [0.4, 0.5) is 0 Å². The Morgan fingerprint density at radius 2 is 1.70 bits per heavy atom. The van der Waals surface area contributed by atoms with Crippen molar-refractivity contribution >= 4 is 50.7 Å². The third kappa shape index (κ3) is 4.90. The highest BCUT2D eigenvalue weighted by atomic mass is 35.5. The minimum absolute atomic E-state index is 0.0243. The molecule has 1 saturated heterocycles. The average molecular weight is 643 g/mol. The fraction of sp³-hybridized carbons (Fsp3) is 0.323. The molecule has 2 aliphatic carbocycles. The zero-order valence-electron chi connectivity index (χ0n) is 23.3. The van der Waals surface area contributed by atoms with Crippen LogP contribution in [0.3, 0.4) is 0 Å². The number of carboxylic acid groups (broad SMARTS) is 1. The lowest BCUT2D eigenvalue weighted by Crippen LogP contribution is -2.51. The van der Waals surface area contributed by atoms with Crippen molar-refractivity contribution in [1.82, 2.24) is 14.4 Å². The third-order valence-corrected chi connectivity index (χ3v) is 11.5. The minimum Gasteiger partial charge on any atom is -0.481 e. The summed E-state index contributed by atoms with van der Waals surface area (Å²) >= 11 is 12.0. The molecular weight excluding hydrogens is 613 g/mol. The predicted molar refractivity (Wildman–Crippen MR) is 162 cm³/mol. The van der Waals surface area contributed by atoms with E-state index < -0.39 is 26.8 Å². The first kappa shape index (κ1) is 29.6. The lowest BCUT2D eigenvalue weighted by molar-refractivity contribution is -0.146. The number of carbonyl (C=O) groups excluding carboxylic acids is 1. The van der Waals surface area contributed by atoms with Crippen LogP contribution in [0.1, 0.15) is 46.6 Å². The number of piperazine rings is 1. The second-order valence-corrected chi connectivity index (χ2v) is 13.9. The Hall–Kier alpha value is -3.44. The SMILES string of the molecule is Cc1noc(C2(C3(C(=O)O)CC3)C=CC(c3ccccc3)=CC2)c1C(=O)N1CCN(S(=O)(=O)c2ccc(Cl)c(Cl)c2)CC1. The predicted octanol–water partition coefficient (Wildman–Crippen LogP) is 5.58. The number of carboxylic acids is 1. The van der Waals surface area contributed by atoms with Gasteiger partial charge in [-0.3, -0.25) is 9.59 Å². The second-order valence-electron chi connectivity index (χ2n) is 11.2. The molecule has 2 fully saturated rings. The number of sulfonamides is 1. The molecule has 2 aromatic carbocycles. The number of benzene rings is 2. The van der Waals surface area contributed by atoms with Crippen molar-refractivity contribution in [2.24, 2.45) is 5.41 Å². The molecule has 0 spiro atoms. The van der Waals surface area contributed by atoms with Crippen molar-refractivity contribution in [2.45, 2.75) is 36.5 Å². The van der Waals surface area contributed by atoms with Crippen LogP contribution in [0, 0.1) is 12.3 Å². The first-order valence-electron chi connectivity index (χ1n) is 13.9. The average Bonchev–Trinajstić information content (AvgIpc) is 3.75. The molecular formula is C31H29Cl2N3O6S. The maximum Gasteiger partial charge on any atom is 0.311 e. The molecule has 6 rings (SSSR count). The van der Waals surface area contributed by atoms with Gasteiger partial charge in [-0.2, -0.15) is 4.31 Å². The van der Waals surface area contributed by atoms with E-state index in [1.807, 2.05) is 48.6 Å². The number of aryl methyl sites for hydroxylation is 1. The number of hydrogen-bond acceptors (Lipinski definition) is 6. The number of halogens is 2. The van der Waals surface area contributed by atoms with Gasteiger partial charge in [-0.25, -0.2) is 8.42 Å². The summed E-state index contributed by atoms with van der Waals surface area (Å²) in [5.41, 5.74) is 0.317. The zero-order chi connectivity index (χ0) is 30.6. The molecule has 1 saturated carbocycles. The number of aliphatic carboxylic acids is 1. The van der Waals surface area contributed by atoms with Gasteiger partial charge in [-0.05, 0) is 55.5 Å². The molecule has 2 heterocycles. The molecule has 1 unspecified atom stereocenters. The van der Waals surface area contributed by atoms with Crippen molar-refractivity contribution in [3.63, 3.8) is 0 Å². The second kappa shape index (κ2) is 10.9. The van der Waals surface area contributed by atoms with Crippen LogP contribution in [0.25, 0.3) is 5.57 Å². The van der Waals surface area contributed by atoms with E-state index in [0.29, 0.717) is 25.0 Å². The monoisotopic (exact) mass is 641 g/mol. The summed E-state index contributed by atoms with van der Waals surface area (Å²) < 4.78 is 33.7. The maximum absolute atomic E-state index is 14.0. The highest BCUT2D eigenvalue weighted by molar-refractivity contribution is 7.89. The van der Waals surface area contributed by atoms with Gasteiger partial charge in [0.1, 0.15) is 5.56 Å². The van der Waals surface area contributed by atoms with Crippen LogP contribution in [-0.4, -0.2) is 65.9 Å². The standard InChI is InChI=1S/C31H29Cl2N3O6S/c1-20-26(28(37)35-15-17-36(18-16-35)43(40,41)23-7-8-24(32)25(33)19-23)27(42-34-20)30(31(13-14-31)29(38)39)11-9-22(10-12-30)21-5-3-2-4-6-21/h2-11,19H,12-18H2,1H3,(H,38,39). The van der Waals surface area contributed by atoms with Gasteiger partial charge in [0, 0.05) is 26.2 Å². The Labute approximate surface area is 259 Å². The van der Waals surface area contributed by atoms with Crippen LogP contribution in [0.15, 0.2) is 76.2 Å². The number of aromatic nitrogens is 1. The molecule has 9 nitrogen and oxygen atoms in total. The molecule has 3 aliphatic rings. The van der Waals surface area contributed by atoms with Crippen molar-refractivity contribution in [2.75, 3.05) is 26.2 Å². The van der Waals surface area contributed by atoms with Gasteiger partial charge in [0.15, 0.2) is 5.76 Å². The Morgan fingerprint density at radius 1 is 1.00 bits per heavy atom. The van der Waals surface area contributed by atoms with Gasteiger partial charge in [0.05, 0.1) is 31.5 Å². The normalized spacial score (nSPS) is 21.8. The van der Waals surface area contributed by atoms with Crippen molar-refractivity contribution in [3.05, 3.63) is 99.4 Å². The molecule has 12 heteroatoms. The molecule has 43 heavy (non-hydrogen) atoms. The van der Waals surface area contributed by atoms with E-state index in [-0.39, 0.29) is 58.4 Å². The van der Waals surface area contributed by atoms with Gasteiger partial charge in [0.25, 0.3) is 5.91 Å². The number of amides is 1. The molecule has 0 radical (unpaired) electrons. The molecule has 1 aliphatic heterocycles. The smallest absolute Gasteiger partial charge is 0.311 e. The fourth-order valence-corrected chi connectivity index (χ4v) is 8.01.